The largest absolute Gasteiger partial charge is 0.496 e. The second-order valence-electron chi connectivity index (χ2n) is 9.39. The summed E-state index contributed by atoms with van der Waals surface area (Å²) in [6.07, 6.45) is 7.46. The lowest BCUT2D eigenvalue weighted by Gasteiger charge is -2.55. The van der Waals surface area contributed by atoms with E-state index >= 15 is 0 Å². The highest BCUT2D eigenvalue weighted by Gasteiger charge is 2.54. The first-order valence-electron chi connectivity index (χ1n) is 10.8. The Hall–Kier alpha value is -1.56. The lowest BCUT2D eigenvalue weighted by Crippen LogP contribution is -2.53. The van der Waals surface area contributed by atoms with Gasteiger partial charge in [-0.25, -0.2) is 0 Å². The molecule has 4 aliphatic carbocycles. The highest BCUT2D eigenvalue weighted by Crippen LogP contribution is 2.60. The Kier molecular flexibility index (Phi) is 5.92. The van der Waals surface area contributed by atoms with Crippen LogP contribution in [0.1, 0.15) is 63.5 Å². The van der Waals surface area contributed by atoms with E-state index < -0.39 is 0 Å². The third-order valence-electron chi connectivity index (χ3n) is 7.21. The number of ether oxygens (including phenoxy) is 1. The Balaban J connectivity index is 1.25. The average molecular weight is 463 g/mol. The van der Waals surface area contributed by atoms with Crippen molar-refractivity contribution >= 4 is 27.7 Å². The van der Waals surface area contributed by atoms with E-state index in [1.807, 2.05) is 25.1 Å². The lowest BCUT2D eigenvalue weighted by molar-refractivity contribution is -0.146. The molecule has 1 aromatic carbocycles. The number of benzene rings is 1. The summed E-state index contributed by atoms with van der Waals surface area (Å²) in [4.78, 5) is 25.3. The molecular formula is C23H31BrN2O3. The number of methoxy groups -OCH3 is 1. The fourth-order valence-electron chi connectivity index (χ4n) is 6.21. The van der Waals surface area contributed by atoms with Crippen LogP contribution in [0.2, 0.25) is 0 Å². The first-order chi connectivity index (χ1) is 13.9. The molecule has 0 radical (unpaired) electrons. The normalized spacial score (nSPS) is 30.7. The molecule has 29 heavy (non-hydrogen) atoms. The average Bonchev–Trinajstić information content (AvgIpc) is 2.66. The summed E-state index contributed by atoms with van der Waals surface area (Å²) < 4.78 is 6.11. The molecule has 1 aromatic rings. The predicted octanol–water partition coefficient (Wildman–Crippen LogP) is 4.36. The molecule has 0 heterocycles. The number of halogens is 1. The fraction of sp³-hybridized carbons (Fsp3) is 0.652. The minimum Gasteiger partial charge on any atom is -0.496 e. The van der Waals surface area contributed by atoms with Crippen molar-refractivity contribution in [2.75, 3.05) is 13.7 Å². The van der Waals surface area contributed by atoms with E-state index in [0.717, 1.165) is 52.8 Å². The summed E-state index contributed by atoms with van der Waals surface area (Å²) in [5, 5.41) is 6.10. The number of carbonyl (C=O) groups excluding carboxylic acids is 2. The molecule has 1 atom stereocenters. The zero-order chi connectivity index (χ0) is 20.6. The van der Waals surface area contributed by atoms with Gasteiger partial charge in [-0.2, -0.15) is 0 Å². The van der Waals surface area contributed by atoms with Crippen LogP contribution in [-0.2, 0) is 9.59 Å². The molecular weight excluding hydrogens is 432 g/mol. The summed E-state index contributed by atoms with van der Waals surface area (Å²) in [5.41, 5.74) is 0.858. The van der Waals surface area contributed by atoms with Crippen LogP contribution in [-0.4, -0.2) is 25.5 Å². The van der Waals surface area contributed by atoms with Gasteiger partial charge in [-0.15, -0.1) is 0 Å². The van der Waals surface area contributed by atoms with Crippen LogP contribution in [0.3, 0.4) is 0 Å². The van der Waals surface area contributed by atoms with Crippen molar-refractivity contribution in [3.05, 3.63) is 28.2 Å². The van der Waals surface area contributed by atoms with E-state index in [1.165, 1.54) is 19.3 Å². The van der Waals surface area contributed by atoms with Gasteiger partial charge in [0, 0.05) is 18.4 Å². The maximum absolute atomic E-state index is 13.0. The van der Waals surface area contributed by atoms with Gasteiger partial charge >= 0.3 is 0 Å². The maximum atomic E-state index is 13.0. The van der Waals surface area contributed by atoms with Gasteiger partial charge in [-0.3, -0.25) is 9.59 Å². The van der Waals surface area contributed by atoms with Crippen molar-refractivity contribution in [2.24, 2.45) is 23.2 Å². The van der Waals surface area contributed by atoms with Crippen molar-refractivity contribution in [1.29, 1.82) is 0 Å². The van der Waals surface area contributed by atoms with Crippen molar-refractivity contribution in [2.45, 2.75) is 57.9 Å². The number of amides is 2. The molecule has 0 spiro atoms. The van der Waals surface area contributed by atoms with Crippen LogP contribution in [0.15, 0.2) is 22.7 Å². The summed E-state index contributed by atoms with van der Waals surface area (Å²) in [5.74, 6) is 3.16. The van der Waals surface area contributed by atoms with E-state index in [-0.39, 0.29) is 23.3 Å². The molecule has 5 nitrogen and oxygen atoms in total. The second kappa shape index (κ2) is 8.29. The molecule has 4 bridgehead atoms. The molecule has 0 aliphatic heterocycles. The smallest absolute Gasteiger partial charge is 0.226 e. The first kappa shape index (κ1) is 20.7. The Morgan fingerprint density at radius 2 is 1.79 bits per heavy atom. The van der Waals surface area contributed by atoms with Gasteiger partial charge in [0.15, 0.2) is 0 Å². The first-order valence-corrected chi connectivity index (χ1v) is 11.6. The van der Waals surface area contributed by atoms with Gasteiger partial charge in [0.1, 0.15) is 5.75 Å². The Morgan fingerprint density at radius 1 is 1.17 bits per heavy atom. The highest BCUT2D eigenvalue weighted by atomic mass is 79.9. The number of hydrogen-bond acceptors (Lipinski definition) is 3. The monoisotopic (exact) mass is 462 g/mol. The summed E-state index contributed by atoms with van der Waals surface area (Å²) in [6, 6.07) is 5.68. The van der Waals surface area contributed by atoms with Crippen LogP contribution in [0.5, 0.6) is 5.75 Å². The highest BCUT2D eigenvalue weighted by molar-refractivity contribution is 9.10. The second-order valence-corrected chi connectivity index (χ2v) is 10.2. The van der Waals surface area contributed by atoms with E-state index in [0.29, 0.717) is 13.0 Å². The van der Waals surface area contributed by atoms with Crippen molar-refractivity contribution in [3.63, 3.8) is 0 Å². The summed E-state index contributed by atoms with van der Waals surface area (Å²) >= 11 is 3.48. The van der Waals surface area contributed by atoms with E-state index in [4.69, 9.17) is 4.74 Å². The van der Waals surface area contributed by atoms with Crippen LogP contribution >= 0.6 is 15.9 Å². The molecule has 4 aliphatic rings. The van der Waals surface area contributed by atoms with Crippen LogP contribution in [0, 0.1) is 23.2 Å². The molecule has 0 saturated heterocycles. The summed E-state index contributed by atoms with van der Waals surface area (Å²) in [7, 11) is 1.63. The number of hydrogen-bond donors (Lipinski definition) is 2. The molecule has 0 aromatic heterocycles. The number of rotatable bonds is 7. The van der Waals surface area contributed by atoms with Crippen molar-refractivity contribution in [1.82, 2.24) is 10.6 Å². The third kappa shape index (κ3) is 4.32. The van der Waals surface area contributed by atoms with E-state index in [2.05, 4.69) is 26.6 Å². The molecule has 158 valence electrons. The Bertz CT molecular complexity index is 759. The lowest BCUT2D eigenvalue weighted by atomic mass is 9.49. The zero-order valence-electron chi connectivity index (χ0n) is 17.3. The third-order valence-corrected chi connectivity index (χ3v) is 7.83. The van der Waals surface area contributed by atoms with Crippen LogP contribution < -0.4 is 15.4 Å². The minimum atomic E-state index is -0.145. The Morgan fingerprint density at radius 3 is 2.34 bits per heavy atom. The number of carbonyl (C=O) groups is 2. The maximum Gasteiger partial charge on any atom is 0.226 e. The molecule has 2 amide bonds. The zero-order valence-corrected chi connectivity index (χ0v) is 18.9. The van der Waals surface area contributed by atoms with Gasteiger partial charge < -0.3 is 15.4 Å². The molecule has 4 saturated carbocycles. The van der Waals surface area contributed by atoms with Gasteiger partial charge in [0.2, 0.25) is 11.8 Å². The molecule has 4 fully saturated rings. The van der Waals surface area contributed by atoms with Crippen molar-refractivity contribution < 1.29 is 14.3 Å². The minimum absolute atomic E-state index is 0.0461. The quantitative estimate of drug-likeness (QED) is 0.632. The van der Waals surface area contributed by atoms with Crippen LogP contribution in [0.4, 0.5) is 0 Å². The SMILES string of the molecule is COc1ccc(C(C)NC(=O)CCNC(=O)C23CC4CC(CC(C4)C2)C3)cc1Br. The van der Waals surface area contributed by atoms with Crippen LogP contribution in [0.25, 0.3) is 0 Å². The topological polar surface area (TPSA) is 67.4 Å². The molecule has 1 unspecified atom stereocenters. The molecule has 2 N–H and O–H groups in total. The predicted molar refractivity (Wildman–Crippen MR) is 115 cm³/mol. The van der Waals surface area contributed by atoms with E-state index in [9.17, 15) is 9.59 Å². The Labute approximate surface area is 181 Å². The van der Waals surface area contributed by atoms with E-state index in [1.54, 1.807) is 7.11 Å². The number of nitrogens with one attached hydrogen (secondary N) is 2. The standard InChI is InChI=1S/C23H31BrN2O3/c1-14(18-3-4-20(29-2)19(24)10-18)26-21(27)5-6-25-22(28)23-11-15-7-16(12-23)9-17(8-15)13-23/h3-4,10,14-17H,5-9,11-13H2,1-2H3,(H,25,28)(H,26,27). The summed E-state index contributed by atoms with van der Waals surface area (Å²) in [6.45, 7) is 2.37. The van der Waals surface area contributed by atoms with Gasteiger partial charge in [-0.1, -0.05) is 6.07 Å². The van der Waals surface area contributed by atoms with Gasteiger partial charge in [0.25, 0.3) is 0 Å². The molecule has 5 rings (SSSR count). The van der Waals surface area contributed by atoms with Gasteiger partial charge in [0.05, 0.1) is 17.6 Å². The van der Waals surface area contributed by atoms with Crippen molar-refractivity contribution in [3.8, 4) is 5.75 Å². The van der Waals surface area contributed by atoms with Gasteiger partial charge in [-0.05, 0) is 96.8 Å². The fourth-order valence-corrected chi connectivity index (χ4v) is 6.77. The molecule has 6 heteroatoms.